The number of hydrogen-bond acceptors (Lipinski definition) is 6. The van der Waals surface area contributed by atoms with E-state index >= 15 is 0 Å². The maximum absolute atomic E-state index is 12.8. The van der Waals surface area contributed by atoms with Gasteiger partial charge in [0.05, 0.1) is 17.6 Å². The van der Waals surface area contributed by atoms with E-state index in [1.54, 1.807) is 18.2 Å². The molecule has 3 rings (SSSR count). The van der Waals surface area contributed by atoms with Gasteiger partial charge in [-0.1, -0.05) is 25.9 Å². The molecule has 0 atom stereocenters. The molecule has 0 aliphatic carbocycles. The van der Waals surface area contributed by atoms with E-state index in [0.717, 1.165) is 12.8 Å². The Balaban J connectivity index is 2.05. The van der Waals surface area contributed by atoms with E-state index in [4.69, 9.17) is 9.26 Å². The van der Waals surface area contributed by atoms with Gasteiger partial charge in [0, 0.05) is 18.5 Å². The van der Waals surface area contributed by atoms with Gasteiger partial charge >= 0.3 is 0 Å². The van der Waals surface area contributed by atoms with Crippen molar-refractivity contribution in [3.63, 3.8) is 0 Å². The highest BCUT2D eigenvalue weighted by atomic mass is 32.2. The van der Waals surface area contributed by atoms with Gasteiger partial charge in [-0.15, -0.1) is 0 Å². The van der Waals surface area contributed by atoms with Crippen LogP contribution in [0.25, 0.3) is 11.4 Å². The number of aromatic nitrogens is 2. The zero-order valence-corrected chi connectivity index (χ0v) is 15.8. The van der Waals surface area contributed by atoms with Gasteiger partial charge in [-0.3, -0.25) is 0 Å². The lowest BCUT2D eigenvalue weighted by molar-refractivity contribution is 0.321. The van der Waals surface area contributed by atoms with Gasteiger partial charge in [0.1, 0.15) is 5.75 Å². The topological polar surface area (TPSA) is 85.5 Å². The van der Waals surface area contributed by atoms with E-state index in [2.05, 4.69) is 10.1 Å². The normalized spacial score (nSPS) is 16.3. The monoisotopic (exact) mass is 365 g/mol. The van der Waals surface area contributed by atoms with Crippen LogP contribution in [0.3, 0.4) is 0 Å². The molecule has 1 fully saturated rings. The molecule has 2 aromatic rings. The molecule has 0 radical (unpaired) electrons. The summed E-state index contributed by atoms with van der Waals surface area (Å²) >= 11 is 0. The first-order valence-corrected chi connectivity index (χ1v) is 9.70. The third-order valence-corrected chi connectivity index (χ3v) is 6.08. The van der Waals surface area contributed by atoms with Crippen LogP contribution in [0.4, 0.5) is 0 Å². The first-order valence-electron chi connectivity index (χ1n) is 8.26. The molecule has 2 heterocycles. The second-order valence-corrected chi connectivity index (χ2v) is 9.08. The fraction of sp³-hybridized carbons (Fsp3) is 0.529. The summed E-state index contributed by atoms with van der Waals surface area (Å²) in [6, 6.07) is 4.75. The van der Waals surface area contributed by atoms with Crippen molar-refractivity contribution in [1.82, 2.24) is 14.4 Å². The highest BCUT2D eigenvalue weighted by Gasteiger charge is 2.29. The SMILES string of the molecule is COc1ccc(S(=O)(=O)N2CCCC2)cc1-c1noc(C(C)(C)C)n1. The fourth-order valence-corrected chi connectivity index (χ4v) is 4.28. The predicted molar refractivity (Wildman–Crippen MR) is 93.0 cm³/mol. The average molecular weight is 365 g/mol. The second kappa shape index (κ2) is 6.42. The van der Waals surface area contributed by atoms with Crippen molar-refractivity contribution in [2.75, 3.05) is 20.2 Å². The Morgan fingerprint density at radius 1 is 1.20 bits per heavy atom. The van der Waals surface area contributed by atoms with Crippen molar-refractivity contribution in [3.05, 3.63) is 24.1 Å². The third kappa shape index (κ3) is 3.41. The van der Waals surface area contributed by atoms with E-state index in [1.165, 1.54) is 11.4 Å². The van der Waals surface area contributed by atoms with Crippen LogP contribution in [0.5, 0.6) is 5.75 Å². The summed E-state index contributed by atoms with van der Waals surface area (Å²) < 4.78 is 37.8. The highest BCUT2D eigenvalue weighted by molar-refractivity contribution is 7.89. The van der Waals surface area contributed by atoms with Crippen molar-refractivity contribution in [2.24, 2.45) is 0 Å². The molecule has 1 aliphatic heterocycles. The summed E-state index contributed by atoms with van der Waals surface area (Å²) in [5.74, 6) is 1.30. The zero-order chi connectivity index (χ0) is 18.2. The van der Waals surface area contributed by atoms with E-state index in [-0.39, 0.29) is 10.3 Å². The van der Waals surface area contributed by atoms with Crippen LogP contribution in [0.1, 0.15) is 39.5 Å². The smallest absolute Gasteiger partial charge is 0.243 e. The number of hydrogen-bond donors (Lipinski definition) is 0. The molecule has 0 amide bonds. The van der Waals surface area contributed by atoms with Crippen molar-refractivity contribution in [3.8, 4) is 17.1 Å². The summed E-state index contributed by atoms with van der Waals surface area (Å²) in [5, 5.41) is 4.01. The van der Waals surface area contributed by atoms with Crippen LogP contribution in [0.15, 0.2) is 27.6 Å². The average Bonchev–Trinajstić information content (AvgIpc) is 3.25. The Morgan fingerprint density at radius 2 is 1.88 bits per heavy atom. The number of ether oxygens (including phenoxy) is 1. The number of rotatable bonds is 4. The minimum absolute atomic E-state index is 0.215. The second-order valence-electron chi connectivity index (χ2n) is 7.15. The van der Waals surface area contributed by atoms with Crippen LogP contribution >= 0.6 is 0 Å². The largest absolute Gasteiger partial charge is 0.496 e. The third-order valence-electron chi connectivity index (χ3n) is 4.18. The molecule has 25 heavy (non-hydrogen) atoms. The molecule has 0 saturated carbocycles. The van der Waals surface area contributed by atoms with Crippen molar-refractivity contribution < 1.29 is 17.7 Å². The lowest BCUT2D eigenvalue weighted by Crippen LogP contribution is -2.27. The van der Waals surface area contributed by atoms with Crippen molar-refractivity contribution in [2.45, 2.75) is 43.9 Å². The molecule has 1 aromatic carbocycles. The van der Waals surface area contributed by atoms with Gasteiger partial charge in [0.15, 0.2) is 0 Å². The number of benzene rings is 1. The van der Waals surface area contributed by atoms with Crippen LogP contribution < -0.4 is 4.74 Å². The molecule has 1 saturated heterocycles. The van der Waals surface area contributed by atoms with Gasteiger partial charge in [0.2, 0.25) is 21.7 Å². The molecule has 0 unspecified atom stereocenters. The van der Waals surface area contributed by atoms with E-state index < -0.39 is 10.0 Å². The first kappa shape index (κ1) is 17.9. The molecule has 7 nitrogen and oxygen atoms in total. The maximum atomic E-state index is 12.8. The lowest BCUT2D eigenvalue weighted by Gasteiger charge is -2.16. The van der Waals surface area contributed by atoms with Gasteiger partial charge in [-0.05, 0) is 31.0 Å². The maximum Gasteiger partial charge on any atom is 0.243 e. The predicted octanol–water partition coefficient (Wildman–Crippen LogP) is 2.83. The molecular formula is C17H23N3O4S. The summed E-state index contributed by atoms with van der Waals surface area (Å²) in [7, 11) is -2.00. The van der Waals surface area contributed by atoms with Crippen LogP contribution in [0, 0.1) is 0 Å². The van der Waals surface area contributed by atoms with Crippen LogP contribution in [0.2, 0.25) is 0 Å². The standard InChI is InChI=1S/C17H23N3O4S/c1-17(2,3)16-18-15(19-24-16)13-11-12(7-8-14(13)23-4)25(21,22)20-9-5-6-10-20/h7-8,11H,5-6,9-10H2,1-4H3. The minimum Gasteiger partial charge on any atom is -0.496 e. The van der Waals surface area contributed by atoms with E-state index in [1.807, 2.05) is 20.8 Å². The highest BCUT2D eigenvalue weighted by Crippen LogP contribution is 2.33. The molecule has 0 N–H and O–H groups in total. The van der Waals surface area contributed by atoms with Gasteiger partial charge < -0.3 is 9.26 Å². The van der Waals surface area contributed by atoms with Crippen LogP contribution in [-0.4, -0.2) is 43.1 Å². The minimum atomic E-state index is -3.52. The quantitative estimate of drug-likeness (QED) is 0.828. The Bertz CT molecular complexity index is 862. The molecule has 136 valence electrons. The molecule has 0 spiro atoms. The van der Waals surface area contributed by atoms with Gasteiger partial charge in [-0.25, -0.2) is 8.42 Å². The Hall–Kier alpha value is -1.93. The van der Waals surface area contributed by atoms with Crippen molar-refractivity contribution >= 4 is 10.0 Å². The van der Waals surface area contributed by atoms with Gasteiger partial charge in [0.25, 0.3) is 0 Å². The fourth-order valence-electron chi connectivity index (χ4n) is 2.74. The number of sulfonamides is 1. The lowest BCUT2D eigenvalue weighted by atomic mass is 9.97. The molecular weight excluding hydrogens is 342 g/mol. The summed E-state index contributed by atoms with van der Waals surface area (Å²) in [6.07, 6.45) is 1.78. The number of nitrogens with zero attached hydrogens (tertiary/aromatic N) is 3. The number of methoxy groups -OCH3 is 1. The molecule has 0 bridgehead atoms. The molecule has 1 aromatic heterocycles. The van der Waals surface area contributed by atoms with E-state index in [0.29, 0.717) is 36.1 Å². The molecule has 8 heteroatoms. The Labute approximate surface area is 148 Å². The van der Waals surface area contributed by atoms with Gasteiger partial charge in [-0.2, -0.15) is 9.29 Å². The summed E-state index contributed by atoms with van der Waals surface area (Å²) in [6.45, 7) is 7.02. The van der Waals surface area contributed by atoms with E-state index in [9.17, 15) is 8.42 Å². The Morgan fingerprint density at radius 3 is 2.44 bits per heavy atom. The van der Waals surface area contributed by atoms with Crippen LogP contribution in [-0.2, 0) is 15.4 Å². The van der Waals surface area contributed by atoms with Crippen molar-refractivity contribution in [1.29, 1.82) is 0 Å². The zero-order valence-electron chi connectivity index (χ0n) is 14.9. The Kier molecular flexibility index (Phi) is 4.59. The summed E-state index contributed by atoms with van der Waals surface area (Å²) in [5.41, 5.74) is 0.208. The molecule has 1 aliphatic rings. The summed E-state index contributed by atoms with van der Waals surface area (Å²) in [4.78, 5) is 4.63. The first-order chi connectivity index (χ1) is 11.7.